The zero-order valence-electron chi connectivity index (χ0n) is 9.66. The zero-order chi connectivity index (χ0) is 12.0. The van der Waals surface area contributed by atoms with Gasteiger partial charge in [0, 0.05) is 17.8 Å². The second-order valence-corrected chi connectivity index (χ2v) is 3.64. The lowest BCUT2D eigenvalue weighted by molar-refractivity contribution is -0.132. The molecule has 0 atom stereocenters. The van der Waals surface area contributed by atoms with Crippen molar-refractivity contribution in [1.29, 1.82) is 0 Å². The van der Waals surface area contributed by atoms with Crippen molar-refractivity contribution >= 4 is 11.7 Å². The highest BCUT2D eigenvalue weighted by Crippen LogP contribution is 2.09. The summed E-state index contributed by atoms with van der Waals surface area (Å²) in [5.74, 6) is -0.839. The molecule has 0 saturated carbocycles. The molecule has 0 radical (unpaired) electrons. The number of aliphatic carboxylic acids is 1. The van der Waals surface area contributed by atoms with Crippen LogP contribution >= 0.6 is 0 Å². The van der Waals surface area contributed by atoms with E-state index in [1.54, 1.807) is 6.08 Å². The maximum Gasteiger partial charge on any atom is 0.331 e. The molecule has 16 heavy (non-hydrogen) atoms. The van der Waals surface area contributed by atoms with Crippen LogP contribution in [0.3, 0.4) is 0 Å². The molecule has 3 nitrogen and oxygen atoms in total. The number of aryl methyl sites for hydroxylation is 1. The van der Waals surface area contributed by atoms with Crippen molar-refractivity contribution in [3.8, 4) is 0 Å². The topological polar surface area (TPSA) is 49.3 Å². The highest BCUT2D eigenvalue weighted by atomic mass is 16.4. The first-order valence-electron chi connectivity index (χ1n) is 5.36. The summed E-state index contributed by atoms with van der Waals surface area (Å²) in [6, 6.07) is 7.99. The quantitative estimate of drug-likeness (QED) is 0.749. The standard InChI is InChI=1S/C13H17NO2/c1-3-11(13(15)16)7-8-14-12-6-4-5-10(2)9-12/h4-7,9,14H,3,8H2,1-2H3,(H,15,16)/b11-7-. The number of hydrogen-bond donors (Lipinski definition) is 2. The Labute approximate surface area is 95.8 Å². The van der Waals surface area contributed by atoms with E-state index in [2.05, 4.69) is 5.32 Å². The Bertz CT molecular complexity index is 397. The van der Waals surface area contributed by atoms with Crippen molar-refractivity contribution < 1.29 is 9.90 Å². The molecule has 1 rings (SSSR count). The Morgan fingerprint density at radius 3 is 2.81 bits per heavy atom. The van der Waals surface area contributed by atoms with Gasteiger partial charge >= 0.3 is 5.97 Å². The molecule has 0 unspecified atom stereocenters. The van der Waals surface area contributed by atoms with Gasteiger partial charge in [-0.05, 0) is 31.0 Å². The fourth-order valence-corrected chi connectivity index (χ4v) is 1.43. The molecular formula is C13H17NO2. The minimum atomic E-state index is -0.839. The fourth-order valence-electron chi connectivity index (χ4n) is 1.43. The zero-order valence-corrected chi connectivity index (χ0v) is 9.66. The highest BCUT2D eigenvalue weighted by Gasteiger charge is 2.02. The number of benzene rings is 1. The Hall–Kier alpha value is -1.77. The molecule has 0 spiro atoms. The minimum Gasteiger partial charge on any atom is -0.478 e. The third-order valence-electron chi connectivity index (χ3n) is 2.33. The van der Waals surface area contributed by atoms with Crippen molar-refractivity contribution in [3.63, 3.8) is 0 Å². The summed E-state index contributed by atoms with van der Waals surface area (Å²) in [5.41, 5.74) is 2.64. The van der Waals surface area contributed by atoms with Crippen LogP contribution in [0.1, 0.15) is 18.9 Å². The Morgan fingerprint density at radius 1 is 1.50 bits per heavy atom. The van der Waals surface area contributed by atoms with Gasteiger partial charge in [0.25, 0.3) is 0 Å². The minimum absolute atomic E-state index is 0.445. The number of rotatable bonds is 5. The van der Waals surface area contributed by atoms with E-state index in [0.29, 0.717) is 18.5 Å². The lowest BCUT2D eigenvalue weighted by atomic mass is 10.2. The predicted octanol–water partition coefficient (Wildman–Crippen LogP) is 2.83. The number of hydrogen-bond acceptors (Lipinski definition) is 2. The summed E-state index contributed by atoms with van der Waals surface area (Å²) in [6.45, 7) is 4.40. The summed E-state index contributed by atoms with van der Waals surface area (Å²) in [6.07, 6.45) is 2.26. The van der Waals surface area contributed by atoms with Crippen molar-refractivity contribution in [3.05, 3.63) is 41.5 Å². The number of carbonyl (C=O) groups is 1. The van der Waals surface area contributed by atoms with Crippen molar-refractivity contribution in [1.82, 2.24) is 0 Å². The molecule has 0 aromatic heterocycles. The van der Waals surface area contributed by atoms with Crippen LogP contribution < -0.4 is 5.32 Å². The van der Waals surface area contributed by atoms with E-state index in [4.69, 9.17) is 5.11 Å². The number of anilines is 1. The van der Waals surface area contributed by atoms with E-state index in [9.17, 15) is 4.79 Å². The first kappa shape index (κ1) is 12.3. The van der Waals surface area contributed by atoms with Crippen molar-refractivity contribution in [2.24, 2.45) is 0 Å². The average Bonchev–Trinajstić information content (AvgIpc) is 2.24. The molecule has 0 saturated heterocycles. The van der Waals surface area contributed by atoms with E-state index < -0.39 is 5.97 Å². The maximum absolute atomic E-state index is 10.7. The molecule has 1 aromatic carbocycles. The van der Waals surface area contributed by atoms with Crippen molar-refractivity contribution in [2.45, 2.75) is 20.3 Å². The van der Waals surface area contributed by atoms with E-state index in [0.717, 1.165) is 5.69 Å². The molecule has 0 bridgehead atoms. The summed E-state index contributed by atoms with van der Waals surface area (Å²) in [5, 5.41) is 12.0. The SMILES string of the molecule is CC/C(=C/CNc1cccc(C)c1)C(=O)O. The van der Waals surface area contributed by atoms with Crippen molar-refractivity contribution in [2.75, 3.05) is 11.9 Å². The molecule has 1 aromatic rings. The Balaban J connectivity index is 2.55. The molecule has 0 fully saturated rings. The van der Waals surface area contributed by atoms with Gasteiger partial charge in [0.05, 0.1) is 0 Å². The first-order valence-corrected chi connectivity index (χ1v) is 5.36. The van der Waals surface area contributed by atoms with E-state index >= 15 is 0 Å². The number of carboxylic acids is 1. The van der Waals surface area contributed by atoms with Gasteiger partial charge < -0.3 is 10.4 Å². The fraction of sp³-hybridized carbons (Fsp3) is 0.308. The lowest BCUT2D eigenvalue weighted by Gasteiger charge is -2.05. The van der Waals surface area contributed by atoms with Crippen LogP contribution in [0.4, 0.5) is 5.69 Å². The van der Waals surface area contributed by atoms with Crippen LogP contribution in [-0.2, 0) is 4.79 Å². The maximum atomic E-state index is 10.7. The van der Waals surface area contributed by atoms with Gasteiger partial charge in [0.15, 0.2) is 0 Å². The molecule has 0 amide bonds. The smallest absolute Gasteiger partial charge is 0.331 e. The number of carboxylic acid groups (broad SMARTS) is 1. The van der Waals surface area contributed by atoms with Gasteiger partial charge in [-0.2, -0.15) is 0 Å². The van der Waals surface area contributed by atoms with Crippen LogP contribution in [-0.4, -0.2) is 17.6 Å². The molecule has 3 heteroatoms. The van der Waals surface area contributed by atoms with Crippen LogP contribution in [0, 0.1) is 6.92 Å². The normalized spacial score (nSPS) is 11.2. The molecular weight excluding hydrogens is 202 g/mol. The van der Waals surface area contributed by atoms with Gasteiger partial charge in [-0.3, -0.25) is 0 Å². The largest absolute Gasteiger partial charge is 0.478 e. The second-order valence-electron chi connectivity index (χ2n) is 3.64. The van der Waals surface area contributed by atoms with Crippen LogP contribution in [0.5, 0.6) is 0 Å². The van der Waals surface area contributed by atoms with Crippen LogP contribution in [0.25, 0.3) is 0 Å². The predicted molar refractivity (Wildman–Crippen MR) is 65.7 cm³/mol. The second kappa shape index (κ2) is 5.95. The average molecular weight is 219 g/mol. The van der Waals surface area contributed by atoms with Crippen LogP contribution in [0.2, 0.25) is 0 Å². The highest BCUT2D eigenvalue weighted by molar-refractivity contribution is 5.86. The van der Waals surface area contributed by atoms with Gasteiger partial charge in [-0.25, -0.2) is 4.79 Å². The third kappa shape index (κ3) is 3.77. The molecule has 0 aliphatic heterocycles. The van der Waals surface area contributed by atoms with E-state index in [1.165, 1.54) is 5.56 Å². The van der Waals surface area contributed by atoms with Gasteiger partial charge in [-0.1, -0.05) is 25.1 Å². The van der Waals surface area contributed by atoms with E-state index in [1.807, 2.05) is 38.1 Å². The molecule has 2 N–H and O–H groups in total. The lowest BCUT2D eigenvalue weighted by Crippen LogP contribution is -2.04. The Morgan fingerprint density at radius 2 is 2.25 bits per heavy atom. The summed E-state index contributed by atoms with van der Waals surface area (Å²) < 4.78 is 0. The van der Waals surface area contributed by atoms with Gasteiger partial charge in [-0.15, -0.1) is 0 Å². The van der Waals surface area contributed by atoms with Gasteiger partial charge in [0.2, 0.25) is 0 Å². The first-order chi connectivity index (χ1) is 7.63. The summed E-state index contributed by atoms with van der Waals surface area (Å²) >= 11 is 0. The third-order valence-corrected chi connectivity index (χ3v) is 2.33. The summed E-state index contributed by atoms with van der Waals surface area (Å²) in [7, 11) is 0. The summed E-state index contributed by atoms with van der Waals surface area (Å²) in [4.78, 5) is 10.7. The van der Waals surface area contributed by atoms with Crippen LogP contribution in [0.15, 0.2) is 35.9 Å². The molecule has 0 aliphatic rings. The number of nitrogens with one attached hydrogen (secondary N) is 1. The molecule has 0 heterocycles. The van der Waals surface area contributed by atoms with Gasteiger partial charge in [0.1, 0.15) is 0 Å². The molecule has 0 aliphatic carbocycles. The Kier molecular flexibility index (Phi) is 4.58. The molecule has 86 valence electrons. The van der Waals surface area contributed by atoms with E-state index in [-0.39, 0.29) is 0 Å². The monoisotopic (exact) mass is 219 g/mol.